The lowest BCUT2D eigenvalue weighted by atomic mass is 10.1. The summed E-state index contributed by atoms with van der Waals surface area (Å²) < 4.78 is 10.7. The second-order valence-corrected chi connectivity index (χ2v) is 7.32. The van der Waals surface area contributed by atoms with E-state index in [2.05, 4.69) is 6.26 Å². The molecule has 0 saturated carbocycles. The zero-order valence-electron chi connectivity index (χ0n) is 11.2. The van der Waals surface area contributed by atoms with Gasteiger partial charge in [-0.1, -0.05) is 11.6 Å². The van der Waals surface area contributed by atoms with Gasteiger partial charge >= 0.3 is 0 Å². The lowest BCUT2D eigenvalue weighted by Crippen LogP contribution is -2.12. The van der Waals surface area contributed by atoms with Crippen molar-refractivity contribution in [1.29, 1.82) is 0 Å². The number of carbonyl (C=O) groups is 1. The molecule has 1 aromatic carbocycles. The van der Waals surface area contributed by atoms with Gasteiger partial charge < -0.3 is 9.47 Å². The highest BCUT2D eigenvalue weighted by Gasteiger charge is 2.22. The smallest absolute Gasteiger partial charge is 0.164 e. The third-order valence-electron chi connectivity index (χ3n) is 3.19. The van der Waals surface area contributed by atoms with Crippen LogP contribution in [0.3, 0.4) is 0 Å². The highest BCUT2D eigenvalue weighted by atomic mass is 35.5. The Balaban J connectivity index is 2.17. The number of hydrogen-bond donors (Lipinski definition) is 1. The first kappa shape index (κ1) is 14.7. The van der Waals surface area contributed by atoms with Crippen LogP contribution in [-0.4, -0.2) is 38.1 Å². The van der Waals surface area contributed by atoms with E-state index in [9.17, 15) is 4.79 Å². The molecule has 1 aliphatic heterocycles. The first-order valence-corrected chi connectivity index (χ1v) is 8.68. The van der Waals surface area contributed by atoms with Crippen LogP contribution in [0.25, 0.3) is 0 Å². The largest absolute Gasteiger partial charge is 0.492 e. The van der Waals surface area contributed by atoms with Gasteiger partial charge in [0.1, 0.15) is 5.75 Å². The van der Waals surface area contributed by atoms with E-state index in [1.165, 1.54) is 0 Å². The molecule has 1 aliphatic rings. The van der Waals surface area contributed by atoms with Gasteiger partial charge in [0.15, 0.2) is 5.78 Å². The summed E-state index contributed by atoms with van der Waals surface area (Å²) in [7, 11) is 1.40. The van der Waals surface area contributed by atoms with E-state index < -0.39 is 0 Å². The van der Waals surface area contributed by atoms with Crippen molar-refractivity contribution in [3.8, 4) is 5.75 Å². The molecule has 0 spiro atoms. The molecule has 0 aromatic heterocycles. The molecular formula is C14H19ClO3S. The molecule has 1 atom stereocenters. The Labute approximate surface area is 121 Å². The SMILES string of the molecule is COCCCOc1cc2c(cc1Cl)C(=O)CC[SH]2C. The number of ether oxygens (including phenoxy) is 2. The molecule has 0 saturated heterocycles. The van der Waals surface area contributed by atoms with Crippen molar-refractivity contribution in [2.75, 3.05) is 32.3 Å². The van der Waals surface area contributed by atoms with Crippen LogP contribution in [0.15, 0.2) is 17.0 Å². The van der Waals surface area contributed by atoms with Crippen molar-refractivity contribution in [3.05, 3.63) is 22.7 Å². The molecule has 1 aromatic rings. The Kier molecular flexibility index (Phi) is 5.13. The third kappa shape index (κ3) is 3.44. The Morgan fingerprint density at radius 3 is 2.89 bits per heavy atom. The second kappa shape index (κ2) is 6.64. The third-order valence-corrected chi connectivity index (χ3v) is 5.57. The highest BCUT2D eigenvalue weighted by molar-refractivity contribution is 8.16. The molecule has 2 rings (SSSR count). The van der Waals surface area contributed by atoms with Gasteiger partial charge in [0.25, 0.3) is 0 Å². The lowest BCUT2D eigenvalue weighted by molar-refractivity contribution is 0.0984. The maximum atomic E-state index is 11.9. The number of carbonyl (C=O) groups excluding carboxylic acids is 1. The maximum absolute atomic E-state index is 11.9. The fourth-order valence-corrected chi connectivity index (χ4v) is 4.04. The molecule has 0 fully saturated rings. The molecule has 5 heteroatoms. The van der Waals surface area contributed by atoms with Crippen molar-refractivity contribution >= 4 is 28.3 Å². The van der Waals surface area contributed by atoms with E-state index in [0.717, 1.165) is 22.6 Å². The molecule has 1 unspecified atom stereocenters. The van der Waals surface area contributed by atoms with E-state index in [0.29, 0.717) is 30.4 Å². The van der Waals surface area contributed by atoms with E-state index in [1.807, 2.05) is 6.07 Å². The number of ketones is 1. The van der Waals surface area contributed by atoms with Gasteiger partial charge in [-0.2, -0.15) is 0 Å². The molecule has 0 aliphatic carbocycles. The topological polar surface area (TPSA) is 35.5 Å². The fraction of sp³-hybridized carbons (Fsp3) is 0.500. The second-order valence-electron chi connectivity index (χ2n) is 4.59. The number of rotatable bonds is 5. The van der Waals surface area contributed by atoms with E-state index in [-0.39, 0.29) is 16.7 Å². The number of Topliss-reactive ketones (excluding diaryl/α,β-unsaturated/α-hetero) is 1. The summed E-state index contributed by atoms with van der Waals surface area (Å²) in [5, 5.41) is 0.523. The van der Waals surface area contributed by atoms with Gasteiger partial charge in [0.05, 0.1) is 11.6 Å². The minimum Gasteiger partial charge on any atom is -0.492 e. The quantitative estimate of drug-likeness (QED) is 0.669. The van der Waals surface area contributed by atoms with E-state index >= 15 is 0 Å². The number of thiol groups is 1. The van der Waals surface area contributed by atoms with Crippen molar-refractivity contribution < 1.29 is 14.3 Å². The van der Waals surface area contributed by atoms with Crippen LogP contribution < -0.4 is 4.74 Å². The van der Waals surface area contributed by atoms with Gasteiger partial charge in [-0.05, 0) is 24.1 Å². The lowest BCUT2D eigenvalue weighted by Gasteiger charge is -2.25. The summed E-state index contributed by atoms with van der Waals surface area (Å²) in [6.45, 7) is 1.24. The van der Waals surface area contributed by atoms with Crippen molar-refractivity contribution in [1.82, 2.24) is 0 Å². The van der Waals surface area contributed by atoms with Crippen LogP contribution in [0.1, 0.15) is 23.2 Å². The highest BCUT2D eigenvalue weighted by Crippen LogP contribution is 2.44. The maximum Gasteiger partial charge on any atom is 0.164 e. The minimum atomic E-state index is -0.269. The van der Waals surface area contributed by atoms with E-state index in [1.54, 1.807) is 13.2 Å². The molecule has 0 amide bonds. The van der Waals surface area contributed by atoms with Crippen LogP contribution in [0, 0.1) is 0 Å². The Bertz CT molecular complexity index is 476. The van der Waals surface area contributed by atoms with Gasteiger partial charge in [-0.25, -0.2) is 10.9 Å². The number of fused-ring (bicyclic) bond motifs is 1. The zero-order chi connectivity index (χ0) is 13.8. The predicted octanol–water partition coefficient (Wildman–Crippen LogP) is 3.33. The van der Waals surface area contributed by atoms with Crippen LogP contribution in [-0.2, 0) is 4.74 Å². The Morgan fingerprint density at radius 1 is 1.37 bits per heavy atom. The summed E-state index contributed by atoms with van der Waals surface area (Å²) >= 11 is 6.19. The molecule has 0 N–H and O–H groups in total. The molecule has 3 nitrogen and oxygen atoms in total. The molecular weight excluding hydrogens is 284 g/mol. The summed E-state index contributed by atoms with van der Waals surface area (Å²) in [6.07, 6.45) is 3.66. The zero-order valence-corrected chi connectivity index (χ0v) is 12.9. The number of halogens is 1. The standard InChI is InChI=1S/C14H19ClO3S/c1-17-5-3-6-18-13-9-14-10(8-11(13)15)12(16)4-7-19(14)2/h8-9,19H,3-7H2,1-2H3. The molecule has 19 heavy (non-hydrogen) atoms. The fourth-order valence-electron chi connectivity index (χ4n) is 2.10. The van der Waals surface area contributed by atoms with Crippen LogP contribution in [0.2, 0.25) is 5.02 Å². The van der Waals surface area contributed by atoms with E-state index in [4.69, 9.17) is 21.1 Å². The summed E-state index contributed by atoms with van der Waals surface area (Å²) in [5.74, 6) is 1.84. The summed E-state index contributed by atoms with van der Waals surface area (Å²) in [5.41, 5.74) is 0.786. The summed E-state index contributed by atoms with van der Waals surface area (Å²) in [6, 6.07) is 3.72. The van der Waals surface area contributed by atoms with Crippen molar-refractivity contribution in [2.24, 2.45) is 0 Å². The molecule has 0 radical (unpaired) electrons. The minimum absolute atomic E-state index is 0.198. The molecule has 0 bridgehead atoms. The van der Waals surface area contributed by atoms with Crippen molar-refractivity contribution in [2.45, 2.75) is 17.7 Å². The number of benzene rings is 1. The summed E-state index contributed by atoms with van der Waals surface area (Å²) in [4.78, 5) is 13.0. The predicted molar refractivity (Wildman–Crippen MR) is 80.4 cm³/mol. The molecule has 1 heterocycles. The van der Waals surface area contributed by atoms with Crippen molar-refractivity contribution in [3.63, 3.8) is 0 Å². The van der Waals surface area contributed by atoms with Gasteiger partial charge in [-0.3, -0.25) is 4.79 Å². The monoisotopic (exact) mass is 302 g/mol. The van der Waals surface area contributed by atoms with Crippen LogP contribution in [0.5, 0.6) is 5.75 Å². The Hall–Kier alpha value is -0.710. The first-order valence-electron chi connectivity index (χ1n) is 6.33. The van der Waals surface area contributed by atoms with Gasteiger partial charge in [0, 0.05) is 37.0 Å². The van der Waals surface area contributed by atoms with Gasteiger partial charge in [-0.15, -0.1) is 0 Å². The number of hydrogen-bond acceptors (Lipinski definition) is 3. The normalized spacial score (nSPS) is 20.2. The van der Waals surface area contributed by atoms with Gasteiger partial charge in [0.2, 0.25) is 0 Å². The van der Waals surface area contributed by atoms with Crippen LogP contribution >= 0.6 is 22.5 Å². The number of methoxy groups -OCH3 is 1. The Morgan fingerprint density at radius 2 is 2.16 bits per heavy atom. The van der Waals surface area contributed by atoms with Crippen LogP contribution in [0.4, 0.5) is 0 Å². The molecule has 106 valence electrons. The average Bonchev–Trinajstić information content (AvgIpc) is 2.40. The first-order chi connectivity index (χ1) is 9.13. The average molecular weight is 303 g/mol.